The van der Waals surface area contributed by atoms with Gasteiger partial charge in [0.05, 0.1) is 16.6 Å². The number of nitrogens with one attached hydrogen (secondary N) is 1. The Morgan fingerprint density at radius 2 is 1.80 bits per heavy atom. The van der Waals surface area contributed by atoms with Crippen molar-refractivity contribution >= 4 is 61.3 Å². The van der Waals surface area contributed by atoms with Crippen LogP contribution in [-0.4, -0.2) is 32.6 Å². The molecule has 156 valence electrons. The van der Waals surface area contributed by atoms with E-state index >= 15 is 0 Å². The van der Waals surface area contributed by atoms with Crippen LogP contribution in [0, 0.1) is 5.92 Å². The number of nitrogens with zero attached hydrogens (tertiary/aromatic N) is 1. The molecule has 6 nitrogen and oxygen atoms in total. The Hall–Kier alpha value is -2.48. The monoisotopic (exact) mass is 464 g/mol. The van der Waals surface area contributed by atoms with E-state index in [0.29, 0.717) is 35.6 Å². The van der Waals surface area contributed by atoms with Crippen molar-refractivity contribution in [3.8, 4) is 0 Å². The molecule has 3 aromatic carbocycles. The van der Waals surface area contributed by atoms with Gasteiger partial charge >= 0.3 is 5.97 Å². The molecule has 9 heteroatoms. The smallest absolute Gasteiger partial charge is 0.308 e. The second-order valence-electron chi connectivity index (χ2n) is 7.13. The molecule has 30 heavy (non-hydrogen) atoms. The Kier molecular flexibility index (Phi) is 5.53. The molecule has 3 aromatic rings. The second kappa shape index (κ2) is 7.98. The Morgan fingerprint density at radius 3 is 2.47 bits per heavy atom. The van der Waals surface area contributed by atoms with E-state index in [1.165, 1.54) is 18.2 Å². The van der Waals surface area contributed by atoms with E-state index in [0.717, 1.165) is 11.1 Å². The SMILES string of the molecule is O=C(O)[C@@H]1CCN(c2ccc(NS(=O)(=O)c3ccc(Cl)cc3Cl)c3ccccc23)C1. The van der Waals surface area contributed by atoms with Crippen LogP contribution in [0.25, 0.3) is 10.8 Å². The molecular formula is C21H18Cl2N2O4S. The first kappa shape index (κ1) is 20.8. The van der Waals surface area contributed by atoms with Crippen molar-refractivity contribution in [3.05, 3.63) is 64.6 Å². The van der Waals surface area contributed by atoms with Crippen molar-refractivity contribution in [3.63, 3.8) is 0 Å². The minimum absolute atomic E-state index is 0.0349. The van der Waals surface area contributed by atoms with Crippen molar-refractivity contribution in [1.82, 2.24) is 0 Å². The number of carboxylic acid groups (broad SMARTS) is 1. The number of carbonyl (C=O) groups is 1. The Labute approximate surface area is 184 Å². The minimum atomic E-state index is -3.94. The molecule has 0 unspecified atom stereocenters. The van der Waals surface area contributed by atoms with E-state index in [4.69, 9.17) is 23.2 Å². The van der Waals surface area contributed by atoms with Crippen LogP contribution in [0.15, 0.2) is 59.5 Å². The predicted molar refractivity (Wildman–Crippen MR) is 119 cm³/mol. The third-order valence-electron chi connectivity index (χ3n) is 5.21. The number of hydrogen-bond donors (Lipinski definition) is 2. The van der Waals surface area contributed by atoms with Gasteiger partial charge in [-0.3, -0.25) is 9.52 Å². The van der Waals surface area contributed by atoms with Gasteiger partial charge in [0.25, 0.3) is 10.0 Å². The molecule has 0 saturated carbocycles. The van der Waals surface area contributed by atoms with Gasteiger partial charge in [0.2, 0.25) is 0 Å². The van der Waals surface area contributed by atoms with Crippen LogP contribution in [0.1, 0.15) is 6.42 Å². The van der Waals surface area contributed by atoms with E-state index in [1.807, 2.05) is 35.2 Å². The number of rotatable bonds is 5. The molecule has 4 rings (SSSR count). The molecule has 0 aliphatic carbocycles. The van der Waals surface area contributed by atoms with E-state index in [1.54, 1.807) is 6.07 Å². The highest BCUT2D eigenvalue weighted by molar-refractivity contribution is 7.92. The van der Waals surface area contributed by atoms with Gasteiger partial charge in [0, 0.05) is 34.6 Å². The molecule has 1 saturated heterocycles. The second-order valence-corrected chi connectivity index (χ2v) is 9.62. The molecule has 2 N–H and O–H groups in total. The van der Waals surface area contributed by atoms with Crippen molar-refractivity contribution < 1.29 is 18.3 Å². The topological polar surface area (TPSA) is 86.7 Å². The summed E-state index contributed by atoms with van der Waals surface area (Å²) in [5, 5.41) is 11.2. The molecule has 0 bridgehead atoms. The standard InChI is InChI=1S/C21H18Cl2N2O4S/c22-14-5-8-20(17(23)11-14)30(28,29)24-18-6-7-19(16-4-2-1-3-15(16)18)25-10-9-13(12-25)21(26)27/h1-8,11,13,24H,9-10,12H2,(H,26,27)/t13-/m1/s1. The highest BCUT2D eigenvalue weighted by Gasteiger charge is 2.29. The number of anilines is 2. The van der Waals surface area contributed by atoms with Gasteiger partial charge in [-0.1, -0.05) is 47.5 Å². The summed E-state index contributed by atoms with van der Waals surface area (Å²) in [6.07, 6.45) is 0.576. The van der Waals surface area contributed by atoms with Crippen LogP contribution in [0.5, 0.6) is 0 Å². The van der Waals surface area contributed by atoms with Crippen molar-refractivity contribution in [2.45, 2.75) is 11.3 Å². The maximum atomic E-state index is 12.9. The van der Waals surface area contributed by atoms with Crippen LogP contribution < -0.4 is 9.62 Å². The average Bonchev–Trinajstić information content (AvgIpc) is 3.18. The van der Waals surface area contributed by atoms with Crippen LogP contribution in [0.3, 0.4) is 0 Å². The third-order valence-corrected chi connectivity index (χ3v) is 7.29. The third kappa shape index (κ3) is 3.93. The van der Waals surface area contributed by atoms with Crippen molar-refractivity contribution in [2.75, 3.05) is 22.7 Å². The predicted octanol–water partition coefficient (Wildman–Crippen LogP) is 4.86. The molecule has 1 atom stereocenters. The minimum Gasteiger partial charge on any atom is -0.481 e. The molecule has 1 heterocycles. The summed E-state index contributed by atoms with van der Waals surface area (Å²) in [6.45, 7) is 1.05. The lowest BCUT2D eigenvalue weighted by atomic mass is 10.1. The quantitative estimate of drug-likeness (QED) is 0.562. The van der Waals surface area contributed by atoms with E-state index in [-0.39, 0.29) is 9.92 Å². The first-order valence-electron chi connectivity index (χ1n) is 9.23. The van der Waals surface area contributed by atoms with Crippen LogP contribution in [0.4, 0.5) is 11.4 Å². The molecule has 1 aliphatic heterocycles. The van der Waals surface area contributed by atoms with Gasteiger partial charge < -0.3 is 10.0 Å². The molecule has 1 fully saturated rings. The lowest BCUT2D eigenvalue weighted by Gasteiger charge is -2.22. The number of sulfonamides is 1. The van der Waals surface area contributed by atoms with Crippen LogP contribution in [-0.2, 0) is 14.8 Å². The van der Waals surface area contributed by atoms with Gasteiger partial charge in [0.15, 0.2) is 0 Å². The fourth-order valence-electron chi connectivity index (χ4n) is 3.72. The molecule has 0 spiro atoms. The normalized spacial score (nSPS) is 16.7. The van der Waals surface area contributed by atoms with Gasteiger partial charge in [-0.2, -0.15) is 0 Å². The van der Waals surface area contributed by atoms with Gasteiger partial charge in [-0.15, -0.1) is 0 Å². The Bertz CT molecular complexity index is 1250. The van der Waals surface area contributed by atoms with Crippen molar-refractivity contribution in [2.24, 2.45) is 5.92 Å². The number of carboxylic acids is 1. The van der Waals surface area contributed by atoms with Gasteiger partial charge in [0.1, 0.15) is 4.90 Å². The Morgan fingerprint density at radius 1 is 1.07 bits per heavy atom. The summed E-state index contributed by atoms with van der Waals surface area (Å²) >= 11 is 12.0. The summed E-state index contributed by atoms with van der Waals surface area (Å²) in [4.78, 5) is 13.3. The Balaban J connectivity index is 1.72. The molecule has 0 radical (unpaired) electrons. The van der Waals surface area contributed by atoms with Gasteiger partial charge in [-0.25, -0.2) is 8.42 Å². The zero-order valence-corrected chi connectivity index (χ0v) is 18.0. The molecule has 0 aromatic heterocycles. The van der Waals surface area contributed by atoms with Crippen molar-refractivity contribution in [1.29, 1.82) is 0 Å². The zero-order valence-electron chi connectivity index (χ0n) is 15.7. The maximum absolute atomic E-state index is 12.9. The lowest BCUT2D eigenvalue weighted by molar-refractivity contribution is -0.140. The number of aliphatic carboxylic acids is 1. The molecular weight excluding hydrogens is 447 g/mol. The fourth-order valence-corrected chi connectivity index (χ4v) is 5.57. The first-order valence-corrected chi connectivity index (χ1v) is 11.5. The number of hydrogen-bond acceptors (Lipinski definition) is 4. The number of halogens is 2. The average molecular weight is 465 g/mol. The summed E-state index contributed by atoms with van der Waals surface area (Å²) < 4.78 is 28.5. The van der Waals surface area contributed by atoms with E-state index in [9.17, 15) is 18.3 Å². The van der Waals surface area contributed by atoms with Gasteiger partial charge in [-0.05, 0) is 36.8 Å². The lowest BCUT2D eigenvalue weighted by Crippen LogP contribution is -2.23. The summed E-state index contributed by atoms with van der Waals surface area (Å²) in [5.74, 6) is -1.21. The number of benzene rings is 3. The fraction of sp³-hybridized carbons (Fsp3) is 0.190. The first-order chi connectivity index (χ1) is 14.3. The van der Waals surface area contributed by atoms with Crippen LogP contribution >= 0.6 is 23.2 Å². The summed E-state index contributed by atoms with van der Waals surface area (Å²) in [5.41, 5.74) is 1.29. The van der Waals surface area contributed by atoms with E-state index in [2.05, 4.69) is 4.72 Å². The largest absolute Gasteiger partial charge is 0.481 e. The number of fused-ring (bicyclic) bond motifs is 1. The summed E-state index contributed by atoms with van der Waals surface area (Å²) in [7, 11) is -3.94. The highest BCUT2D eigenvalue weighted by Crippen LogP contribution is 2.36. The maximum Gasteiger partial charge on any atom is 0.308 e. The van der Waals surface area contributed by atoms with Crippen LogP contribution in [0.2, 0.25) is 10.0 Å². The zero-order chi connectivity index (χ0) is 21.5. The highest BCUT2D eigenvalue weighted by atomic mass is 35.5. The molecule has 1 aliphatic rings. The summed E-state index contributed by atoms with van der Waals surface area (Å²) in [6, 6.07) is 15.1. The van der Waals surface area contributed by atoms with E-state index < -0.39 is 21.9 Å². The molecule has 0 amide bonds.